The van der Waals surface area contributed by atoms with Gasteiger partial charge in [0.15, 0.2) is 0 Å². The minimum atomic E-state index is -0.219. The average Bonchev–Trinajstić information content (AvgIpc) is 3.12. The monoisotopic (exact) mass is 389 g/mol. The second-order valence-electron chi connectivity index (χ2n) is 6.39. The van der Waals surface area contributed by atoms with Crippen molar-refractivity contribution in [2.75, 3.05) is 38.7 Å². The van der Waals surface area contributed by atoms with E-state index in [0.717, 1.165) is 6.54 Å². The second-order valence-corrected chi connectivity index (χ2v) is 7.31. The summed E-state index contributed by atoms with van der Waals surface area (Å²) >= 11 is 1.33. The predicted molar refractivity (Wildman–Crippen MR) is 110 cm³/mol. The first kappa shape index (κ1) is 21.1. The van der Waals surface area contributed by atoms with Crippen molar-refractivity contribution in [1.29, 1.82) is 0 Å². The second kappa shape index (κ2) is 10.8. The van der Waals surface area contributed by atoms with Crippen LogP contribution in [0.4, 0.5) is 5.00 Å². The number of rotatable bonds is 10. The maximum Gasteiger partial charge on any atom is 0.256 e. The zero-order chi connectivity index (χ0) is 19.6. The highest BCUT2D eigenvalue weighted by molar-refractivity contribution is 7.14. The van der Waals surface area contributed by atoms with Crippen LogP contribution in [0.25, 0.3) is 0 Å². The molecule has 2 amide bonds. The van der Waals surface area contributed by atoms with E-state index >= 15 is 0 Å². The van der Waals surface area contributed by atoms with E-state index in [1.165, 1.54) is 16.9 Å². The van der Waals surface area contributed by atoms with Gasteiger partial charge in [0.1, 0.15) is 5.00 Å². The number of methoxy groups -OCH3 is 1. The molecule has 0 aliphatic carbocycles. The number of hydrogen-bond acceptors (Lipinski definition) is 5. The molecule has 0 aliphatic heterocycles. The van der Waals surface area contributed by atoms with Crippen molar-refractivity contribution in [2.24, 2.45) is 0 Å². The van der Waals surface area contributed by atoms with E-state index in [9.17, 15) is 9.59 Å². The van der Waals surface area contributed by atoms with Gasteiger partial charge in [0.2, 0.25) is 0 Å². The van der Waals surface area contributed by atoms with Crippen LogP contribution in [0.5, 0.6) is 0 Å². The Morgan fingerprint density at radius 3 is 2.44 bits per heavy atom. The largest absolute Gasteiger partial charge is 0.383 e. The number of benzene rings is 1. The van der Waals surface area contributed by atoms with Crippen LogP contribution >= 0.6 is 11.3 Å². The number of amides is 2. The van der Waals surface area contributed by atoms with Crippen LogP contribution in [0.3, 0.4) is 0 Å². The van der Waals surface area contributed by atoms with Crippen molar-refractivity contribution >= 4 is 28.2 Å². The lowest BCUT2D eigenvalue weighted by Crippen LogP contribution is -2.33. The summed E-state index contributed by atoms with van der Waals surface area (Å²) in [5.74, 6) is -0.00280. The molecule has 0 atom stereocenters. The molecule has 1 aromatic carbocycles. The van der Waals surface area contributed by atoms with E-state index in [0.29, 0.717) is 41.7 Å². The molecule has 0 bridgehead atoms. The van der Waals surface area contributed by atoms with Crippen LogP contribution in [-0.4, -0.2) is 45.2 Å². The van der Waals surface area contributed by atoms with Crippen molar-refractivity contribution in [3.05, 3.63) is 52.4 Å². The third-order valence-electron chi connectivity index (χ3n) is 4.05. The normalized spacial score (nSPS) is 10.8. The summed E-state index contributed by atoms with van der Waals surface area (Å²) in [7, 11) is 1.65. The van der Waals surface area contributed by atoms with Crippen LogP contribution in [-0.2, 0) is 4.74 Å². The minimum Gasteiger partial charge on any atom is -0.383 e. The number of ether oxygens (including phenoxy) is 1. The third kappa shape index (κ3) is 6.46. The number of carbonyl (C=O) groups is 2. The molecule has 0 aliphatic rings. The molecule has 1 heterocycles. The van der Waals surface area contributed by atoms with E-state index in [-0.39, 0.29) is 11.8 Å². The Kier molecular flexibility index (Phi) is 8.44. The Morgan fingerprint density at radius 1 is 1.04 bits per heavy atom. The Balaban J connectivity index is 1.89. The van der Waals surface area contributed by atoms with Crippen molar-refractivity contribution in [3.8, 4) is 0 Å². The highest BCUT2D eigenvalue weighted by Crippen LogP contribution is 2.24. The van der Waals surface area contributed by atoms with Gasteiger partial charge in [0, 0.05) is 32.3 Å². The maximum absolute atomic E-state index is 12.5. The lowest BCUT2D eigenvalue weighted by molar-refractivity contribution is 0.0955. The van der Waals surface area contributed by atoms with E-state index in [1.807, 2.05) is 24.3 Å². The standard InChI is InChI=1S/C20H27N3O3S/c1-14(2)15-4-6-16(7-5-15)18(24)23-20-17(8-13-27-20)19(25)22-10-9-21-11-12-26-3/h4-8,13-14,21H,9-12H2,1-3H3,(H,22,25)(H,23,24). The summed E-state index contributed by atoms with van der Waals surface area (Å²) in [6.45, 7) is 6.75. The fourth-order valence-electron chi connectivity index (χ4n) is 2.44. The highest BCUT2D eigenvalue weighted by Gasteiger charge is 2.15. The van der Waals surface area contributed by atoms with Crippen LogP contribution in [0, 0.1) is 0 Å². The van der Waals surface area contributed by atoms with Gasteiger partial charge in [-0.2, -0.15) is 0 Å². The van der Waals surface area contributed by atoms with Crippen molar-refractivity contribution in [2.45, 2.75) is 19.8 Å². The molecule has 0 saturated carbocycles. The zero-order valence-electron chi connectivity index (χ0n) is 16.0. The smallest absolute Gasteiger partial charge is 0.256 e. The number of thiophene rings is 1. The number of nitrogens with one attached hydrogen (secondary N) is 3. The molecule has 146 valence electrons. The third-order valence-corrected chi connectivity index (χ3v) is 4.88. The Morgan fingerprint density at radius 2 is 1.78 bits per heavy atom. The van der Waals surface area contributed by atoms with Crippen LogP contribution in [0.1, 0.15) is 46.0 Å². The van der Waals surface area contributed by atoms with Crippen LogP contribution in [0.15, 0.2) is 35.7 Å². The summed E-state index contributed by atoms with van der Waals surface area (Å²) in [6, 6.07) is 9.25. The molecule has 0 radical (unpaired) electrons. The number of anilines is 1. The number of carbonyl (C=O) groups excluding carboxylic acids is 2. The molecule has 0 fully saturated rings. The summed E-state index contributed by atoms with van der Waals surface area (Å²) in [6.07, 6.45) is 0. The van der Waals surface area contributed by atoms with Crippen LogP contribution in [0.2, 0.25) is 0 Å². The summed E-state index contributed by atoms with van der Waals surface area (Å²) in [4.78, 5) is 24.8. The van der Waals surface area contributed by atoms with E-state index in [1.54, 1.807) is 18.6 Å². The summed E-state index contributed by atoms with van der Waals surface area (Å²) < 4.78 is 4.95. The zero-order valence-corrected chi connectivity index (χ0v) is 16.8. The SMILES string of the molecule is COCCNCCNC(=O)c1ccsc1NC(=O)c1ccc(C(C)C)cc1. The van der Waals surface area contributed by atoms with Gasteiger partial charge >= 0.3 is 0 Å². The Hall–Kier alpha value is -2.22. The van der Waals surface area contributed by atoms with Crippen molar-refractivity contribution in [1.82, 2.24) is 10.6 Å². The molecule has 0 saturated heterocycles. The molecular formula is C20H27N3O3S. The van der Waals surface area contributed by atoms with E-state index in [4.69, 9.17) is 4.74 Å². The fraction of sp³-hybridized carbons (Fsp3) is 0.400. The first-order valence-electron chi connectivity index (χ1n) is 8.99. The molecule has 0 spiro atoms. The lowest BCUT2D eigenvalue weighted by atomic mass is 10.0. The molecule has 6 nitrogen and oxygen atoms in total. The van der Waals surface area contributed by atoms with Gasteiger partial charge in [-0.3, -0.25) is 9.59 Å². The van der Waals surface area contributed by atoms with Gasteiger partial charge in [-0.25, -0.2) is 0 Å². The van der Waals surface area contributed by atoms with Crippen LogP contribution < -0.4 is 16.0 Å². The van der Waals surface area contributed by atoms with E-state index in [2.05, 4.69) is 29.8 Å². The molecule has 1 aromatic heterocycles. The average molecular weight is 390 g/mol. The molecule has 0 unspecified atom stereocenters. The Bertz CT molecular complexity index is 741. The molecule has 7 heteroatoms. The topological polar surface area (TPSA) is 79.5 Å². The van der Waals surface area contributed by atoms with Gasteiger partial charge in [0.25, 0.3) is 11.8 Å². The maximum atomic E-state index is 12.5. The lowest BCUT2D eigenvalue weighted by Gasteiger charge is -2.09. The van der Waals surface area contributed by atoms with E-state index < -0.39 is 0 Å². The molecule has 2 rings (SSSR count). The van der Waals surface area contributed by atoms with Gasteiger partial charge in [-0.15, -0.1) is 11.3 Å². The molecule has 2 aromatic rings. The minimum absolute atomic E-state index is 0.199. The molecule has 27 heavy (non-hydrogen) atoms. The quantitative estimate of drug-likeness (QED) is 0.546. The summed E-state index contributed by atoms with van der Waals surface area (Å²) in [5, 5.41) is 11.2. The molecule has 3 N–H and O–H groups in total. The van der Waals surface area contributed by atoms with Gasteiger partial charge in [-0.05, 0) is 35.1 Å². The predicted octanol–water partition coefficient (Wildman–Crippen LogP) is 3.09. The van der Waals surface area contributed by atoms with Gasteiger partial charge in [-0.1, -0.05) is 26.0 Å². The highest BCUT2D eigenvalue weighted by atomic mass is 32.1. The molecular weight excluding hydrogens is 362 g/mol. The first-order chi connectivity index (χ1) is 13.0. The van der Waals surface area contributed by atoms with Crippen molar-refractivity contribution < 1.29 is 14.3 Å². The number of hydrogen-bond donors (Lipinski definition) is 3. The summed E-state index contributed by atoms with van der Waals surface area (Å²) in [5.41, 5.74) is 2.23. The van der Waals surface area contributed by atoms with Gasteiger partial charge in [0.05, 0.1) is 12.2 Å². The fourth-order valence-corrected chi connectivity index (χ4v) is 3.22. The van der Waals surface area contributed by atoms with Gasteiger partial charge < -0.3 is 20.7 Å². The first-order valence-corrected chi connectivity index (χ1v) is 9.87. The van der Waals surface area contributed by atoms with Crippen molar-refractivity contribution in [3.63, 3.8) is 0 Å². The Labute approximate surface area is 164 Å².